The zero-order valence-corrected chi connectivity index (χ0v) is 11.9. The van der Waals surface area contributed by atoms with Crippen molar-refractivity contribution in [3.05, 3.63) is 0 Å². The molecule has 2 aliphatic heterocycles. The SMILES string of the molecule is COC(=O)C1CCCN(C2CCOC3(CCC3)C2)C1. The number of rotatable bonds is 2. The standard InChI is InChI=1S/C15H25NO3/c1-18-14(17)12-4-2-8-16(11-12)13-5-9-19-15(10-13)6-3-7-15/h12-13H,2-11H2,1H3. The van der Waals surface area contributed by atoms with E-state index >= 15 is 0 Å². The molecule has 0 bridgehead atoms. The Bertz CT molecular complexity index is 340. The molecule has 2 heterocycles. The zero-order valence-electron chi connectivity index (χ0n) is 11.9. The first kappa shape index (κ1) is 13.4. The summed E-state index contributed by atoms with van der Waals surface area (Å²) in [5.41, 5.74) is 0.196. The molecule has 19 heavy (non-hydrogen) atoms. The van der Waals surface area contributed by atoms with Crippen LogP contribution in [0.2, 0.25) is 0 Å². The number of methoxy groups -OCH3 is 1. The van der Waals surface area contributed by atoms with Crippen LogP contribution in [0.5, 0.6) is 0 Å². The fourth-order valence-corrected chi connectivity index (χ4v) is 3.93. The maximum Gasteiger partial charge on any atom is 0.309 e. The molecule has 4 heteroatoms. The summed E-state index contributed by atoms with van der Waals surface area (Å²) < 4.78 is 10.9. The molecule has 0 N–H and O–H groups in total. The number of esters is 1. The van der Waals surface area contributed by atoms with Crippen molar-refractivity contribution in [2.45, 2.75) is 56.6 Å². The van der Waals surface area contributed by atoms with Gasteiger partial charge in [-0.05, 0) is 51.5 Å². The van der Waals surface area contributed by atoms with Crippen LogP contribution in [0.15, 0.2) is 0 Å². The summed E-state index contributed by atoms with van der Waals surface area (Å²) in [4.78, 5) is 14.2. The molecule has 3 aliphatic rings. The first-order valence-corrected chi connectivity index (χ1v) is 7.68. The van der Waals surface area contributed by atoms with Crippen LogP contribution in [0.4, 0.5) is 0 Å². The highest BCUT2D eigenvalue weighted by molar-refractivity contribution is 5.72. The Morgan fingerprint density at radius 3 is 2.84 bits per heavy atom. The number of nitrogens with zero attached hydrogens (tertiary/aromatic N) is 1. The van der Waals surface area contributed by atoms with E-state index in [1.54, 1.807) is 0 Å². The minimum atomic E-state index is -0.0323. The van der Waals surface area contributed by atoms with Crippen molar-refractivity contribution in [3.8, 4) is 0 Å². The Balaban J connectivity index is 1.60. The molecule has 1 aliphatic carbocycles. The summed E-state index contributed by atoms with van der Waals surface area (Å²) in [5.74, 6) is 0.0500. The van der Waals surface area contributed by atoms with Gasteiger partial charge in [-0.15, -0.1) is 0 Å². The highest BCUT2D eigenvalue weighted by Gasteiger charge is 2.44. The lowest BCUT2D eigenvalue weighted by Crippen LogP contribution is -2.54. The van der Waals surface area contributed by atoms with Crippen LogP contribution in [0.25, 0.3) is 0 Å². The zero-order chi connectivity index (χ0) is 13.3. The maximum absolute atomic E-state index is 11.7. The summed E-state index contributed by atoms with van der Waals surface area (Å²) in [6.07, 6.45) is 8.17. The summed E-state index contributed by atoms with van der Waals surface area (Å²) in [6.45, 7) is 2.91. The lowest BCUT2D eigenvalue weighted by molar-refractivity contribution is -0.156. The highest BCUT2D eigenvalue weighted by Crippen LogP contribution is 2.43. The molecule has 0 aromatic carbocycles. The van der Waals surface area contributed by atoms with Gasteiger partial charge < -0.3 is 9.47 Å². The second-order valence-electron chi connectivity index (χ2n) is 6.39. The van der Waals surface area contributed by atoms with E-state index in [1.807, 2.05) is 0 Å². The minimum Gasteiger partial charge on any atom is -0.469 e. The highest BCUT2D eigenvalue weighted by atomic mass is 16.5. The summed E-state index contributed by atoms with van der Waals surface area (Å²) in [6, 6.07) is 0.613. The first-order valence-electron chi connectivity index (χ1n) is 7.68. The van der Waals surface area contributed by atoms with Crippen molar-refractivity contribution in [1.29, 1.82) is 0 Å². The molecular weight excluding hydrogens is 242 g/mol. The topological polar surface area (TPSA) is 38.8 Å². The molecule has 108 valence electrons. The number of hydrogen-bond donors (Lipinski definition) is 0. The van der Waals surface area contributed by atoms with Crippen molar-refractivity contribution in [3.63, 3.8) is 0 Å². The Labute approximate surface area is 115 Å². The Morgan fingerprint density at radius 2 is 2.16 bits per heavy atom. The summed E-state index contributed by atoms with van der Waals surface area (Å²) in [5, 5.41) is 0. The van der Waals surface area contributed by atoms with Crippen LogP contribution in [0, 0.1) is 5.92 Å². The van der Waals surface area contributed by atoms with Crippen LogP contribution in [0.1, 0.15) is 44.9 Å². The van der Waals surface area contributed by atoms with Gasteiger partial charge >= 0.3 is 5.97 Å². The van der Waals surface area contributed by atoms with Crippen LogP contribution < -0.4 is 0 Å². The lowest BCUT2D eigenvalue weighted by Gasteiger charge is -2.50. The van der Waals surface area contributed by atoms with Gasteiger partial charge in [-0.2, -0.15) is 0 Å². The van der Waals surface area contributed by atoms with Crippen molar-refractivity contribution < 1.29 is 14.3 Å². The number of carbonyl (C=O) groups excluding carboxylic acids is 1. The van der Waals surface area contributed by atoms with Crippen molar-refractivity contribution in [2.75, 3.05) is 26.8 Å². The summed E-state index contributed by atoms with van der Waals surface area (Å²) >= 11 is 0. The van der Waals surface area contributed by atoms with Crippen LogP contribution in [-0.2, 0) is 14.3 Å². The molecule has 0 aromatic heterocycles. The molecule has 2 saturated heterocycles. The molecule has 0 radical (unpaired) electrons. The van der Waals surface area contributed by atoms with Crippen LogP contribution >= 0.6 is 0 Å². The molecule has 0 aromatic rings. The smallest absolute Gasteiger partial charge is 0.309 e. The molecule has 4 nitrogen and oxygen atoms in total. The van der Waals surface area contributed by atoms with Crippen molar-refractivity contribution >= 4 is 5.97 Å². The predicted molar refractivity (Wildman–Crippen MR) is 71.9 cm³/mol. The third-order valence-corrected chi connectivity index (χ3v) is 5.24. The Morgan fingerprint density at radius 1 is 1.32 bits per heavy atom. The third-order valence-electron chi connectivity index (χ3n) is 5.24. The normalized spacial score (nSPS) is 34.8. The van der Waals surface area contributed by atoms with Gasteiger partial charge in [0.25, 0.3) is 0 Å². The quantitative estimate of drug-likeness (QED) is 0.717. The average molecular weight is 267 g/mol. The van der Waals surface area contributed by atoms with Crippen LogP contribution in [0.3, 0.4) is 0 Å². The van der Waals surface area contributed by atoms with Crippen LogP contribution in [-0.4, -0.2) is 49.3 Å². The monoisotopic (exact) mass is 267 g/mol. The molecule has 2 unspecified atom stereocenters. The molecular formula is C15H25NO3. The Kier molecular flexibility index (Phi) is 3.81. The molecule has 1 spiro atoms. The Hall–Kier alpha value is -0.610. The second kappa shape index (κ2) is 5.41. The number of piperidine rings is 1. The average Bonchev–Trinajstić information content (AvgIpc) is 2.45. The van der Waals surface area contributed by atoms with E-state index in [9.17, 15) is 4.79 Å². The number of ether oxygens (including phenoxy) is 2. The minimum absolute atomic E-state index is 0.0323. The van der Waals surface area contributed by atoms with Gasteiger partial charge in [0, 0.05) is 19.2 Å². The third kappa shape index (κ3) is 2.65. The van der Waals surface area contributed by atoms with E-state index in [0.29, 0.717) is 6.04 Å². The van der Waals surface area contributed by atoms with Gasteiger partial charge in [0.2, 0.25) is 0 Å². The fourth-order valence-electron chi connectivity index (χ4n) is 3.93. The molecule has 3 rings (SSSR count). The molecule has 1 saturated carbocycles. The van der Waals surface area contributed by atoms with E-state index in [-0.39, 0.29) is 17.5 Å². The largest absolute Gasteiger partial charge is 0.469 e. The second-order valence-corrected chi connectivity index (χ2v) is 6.39. The van der Waals surface area contributed by atoms with E-state index in [0.717, 1.165) is 39.0 Å². The molecule has 0 amide bonds. The molecule has 3 fully saturated rings. The van der Waals surface area contributed by atoms with Gasteiger partial charge in [0.15, 0.2) is 0 Å². The first-order chi connectivity index (χ1) is 9.22. The maximum atomic E-state index is 11.7. The fraction of sp³-hybridized carbons (Fsp3) is 0.933. The summed E-state index contributed by atoms with van der Waals surface area (Å²) in [7, 11) is 1.50. The van der Waals surface area contributed by atoms with Gasteiger partial charge in [-0.25, -0.2) is 0 Å². The van der Waals surface area contributed by atoms with E-state index in [4.69, 9.17) is 9.47 Å². The predicted octanol–water partition coefficient (Wildman–Crippen LogP) is 1.97. The van der Waals surface area contributed by atoms with Gasteiger partial charge in [-0.3, -0.25) is 9.69 Å². The van der Waals surface area contributed by atoms with E-state index in [2.05, 4.69) is 4.90 Å². The number of carbonyl (C=O) groups is 1. The number of likely N-dealkylation sites (tertiary alicyclic amines) is 1. The van der Waals surface area contributed by atoms with E-state index in [1.165, 1.54) is 32.8 Å². The van der Waals surface area contributed by atoms with E-state index < -0.39 is 0 Å². The number of hydrogen-bond acceptors (Lipinski definition) is 4. The lowest BCUT2D eigenvalue weighted by atomic mass is 9.73. The van der Waals surface area contributed by atoms with Gasteiger partial charge in [-0.1, -0.05) is 0 Å². The van der Waals surface area contributed by atoms with Crippen molar-refractivity contribution in [1.82, 2.24) is 4.90 Å². The van der Waals surface area contributed by atoms with Gasteiger partial charge in [0.05, 0.1) is 18.6 Å². The molecule has 2 atom stereocenters. The van der Waals surface area contributed by atoms with Crippen molar-refractivity contribution in [2.24, 2.45) is 5.92 Å². The van der Waals surface area contributed by atoms with Gasteiger partial charge in [0.1, 0.15) is 0 Å².